The van der Waals surface area contributed by atoms with Gasteiger partial charge < -0.3 is 4.74 Å². The SMILES string of the molecule is Cc1ccc(CN2C(=O)C(=Cc3cn(-c4ccccc4)nc3-c3ccc(OCc4ccccc4Cl)cc3)SC2=S)cc1. The molecule has 0 atom stereocenters. The second kappa shape index (κ2) is 12.4. The number of halogens is 1. The van der Waals surface area contributed by atoms with Crippen molar-refractivity contribution in [1.29, 1.82) is 0 Å². The Morgan fingerprint density at radius 3 is 2.38 bits per heavy atom. The first kappa shape index (κ1) is 28.0. The van der Waals surface area contributed by atoms with Crippen LogP contribution < -0.4 is 4.74 Å². The molecule has 0 N–H and O–H groups in total. The van der Waals surface area contributed by atoms with E-state index < -0.39 is 0 Å². The predicted octanol–water partition coefficient (Wildman–Crippen LogP) is 8.48. The fourth-order valence-corrected chi connectivity index (χ4v) is 6.01. The molecule has 2 heterocycles. The molecule has 0 aliphatic carbocycles. The first-order chi connectivity index (χ1) is 20.4. The van der Waals surface area contributed by atoms with Crippen LogP contribution in [0.4, 0.5) is 0 Å². The molecule has 1 fully saturated rings. The molecule has 1 aliphatic rings. The van der Waals surface area contributed by atoms with Crippen LogP contribution in [0.2, 0.25) is 5.02 Å². The number of thioether (sulfide) groups is 1. The minimum absolute atomic E-state index is 0.104. The van der Waals surface area contributed by atoms with Gasteiger partial charge in [0, 0.05) is 27.9 Å². The number of rotatable bonds is 8. The van der Waals surface area contributed by atoms with E-state index in [1.165, 1.54) is 17.3 Å². The molecule has 8 heteroatoms. The lowest BCUT2D eigenvalue weighted by atomic mass is 10.1. The van der Waals surface area contributed by atoms with Crippen molar-refractivity contribution in [2.45, 2.75) is 20.1 Å². The number of hydrogen-bond donors (Lipinski definition) is 0. The Balaban J connectivity index is 1.28. The number of aryl methyl sites for hydroxylation is 1. The first-order valence-electron chi connectivity index (χ1n) is 13.4. The lowest BCUT2D eigenvalue weighted by Crippen LogP contribution is -2.27. The average Bonchev–Trinajstić information content (AvgIpc) is 3.55. The van der Waals surface area contributed by atoms with E-state index in [-0.39, 0.29) is 5.91 Å². The Bertz CT molecular complexity index is 1780. The van der Waals surface area contributed by atoms with Crippen LogP contribution in [0.1, 0.15) is 22.3 Å². The number of carbonyl (C=O) groups is 1. The monoisotopic (exact) mass is 607 g/mol. The minimum Gasteiger partial charge on any atom is -0.489 e. The summed E-state index contributed by atoms with van der Waals surface area (Å²) in [5, 5.41) is 5.59. The van der Waals surface area contributed by atoms with E-state index in [0.717, 1.165) is 39.4 Å². The summed E-state index contributed by atoms with van der Waals surface area (Å²) < 4.78 is 8.35. The van der Waals surface area contributed by atoms with Crippen molar-refractivity contribution < 1.29 is 9.53 Å². The number of aromatic nitrogens is 2. The standard InChI is InChI=1S/C34H26ClN3O2S2/c1-23-11-13-24(14-12-23)20-37-33(39)31(42-34(37)41)19-27-21-38(28-8-3-2-4-9-28)36-32(27)25-15-17-29(18-16-25)40-22-26-7-5-6-10-30(26)35/h2-19,21H,20,22H2,1H3. The summed E-state index contributed by atoms with van der Waals surface area (Å²) in [6.45, 7) is 2.85. The zero-order chi connectivity index (χ0) is 29.1. The summed E-state index contributed by atoms with van der Waals surface area (Å²) in [4.78, 5) is 15.7. The maximum Gasteiger partial charge on any atom is 0.266 e. The Labute approximate surface area is 259 Å². The van der Waals surface area contributed by atoms with Gasteiger partial charge in [0.05, 0.1) is 22.8 Å². The largest absolute Gasteiger partial charge is 0.489 e. The lowest BCUT2D eigenvalue weighted by molar-refractivity contribution is -0.122. The Morgan fingerprint density at radius 2 is 1.64 bits per heavy atom. The predicted molar refractivity (Wildman–Crippen MR) is 175 cm³/mol. The van der Waals surface area contributed by atoms with Crippen LogP contribution in [-0.4, -0.2) is 24.9 Å². The van der Waals surface area contributed by atoms with Crippen molar-refractivity contribution in [3.05, 3.63) is 142 Å². The van der Waals surface area contributed by atoms with Crippen LogP contribution in [0.25, 0.3) is 23.0 Å². The van der Waals surface area contributed by atoms with Crippen molar-refractivity contribution >= 4 is 51.9 Å². The number of para-hydroxylation sites is 1. The second-order valence-electron chi connectivity index (χ2n) is 9.87. The molecule has 1 aliphatic heterocycles. The van der Waals surface area contributed by atoms with E-state index in [9.17, 15) is 4.79 Å². The van der Waals surface area contributed by atoms with Crippen LogP contribution in [0.3, 0.4) is 0 Å². The van der Waals surface area contributed by atoms with E-state index in [1.807, 2.05) is 127 Å². The molecule has 6 rings (SSSR count). The Morgan fingerprint density at radius 1 is 0.929 bits per heavy atom. The highest BCUT2D eigenvalue weighted by Gasteiger charge is 2.32. The highest BCUT2D eigenvalue weighted by molar-refractivity contribution is 8.26. The van der Waals surface area contributed by atoms with Crippen molar-refractivity contribution in [3.8, 4) is 22.7 Å². The smallest absolute Gasteiger partial charge is 0.266 e. The number of hydrogen-bond acceptors (Lipinski definition) is 5. The van der Waals surface area contributed by atoms with Gasteiger partial charge in [0.1, 0.15) is 16.7 Å². The molecular weight excluding hydrogens is 582 g/mol. The molecule has 5 nitrogen and oxygen atoms in total. The van der Waals surface area contributed by atoms with Gasteiger partial charge in [-0.15, -0.1) is 0 Å². The molecule has 208 valence electrons. The van der Waals surface area contributed by atoms with Crippen LogP contribution in [0.15, 0.2) is 114 Å². The van der Waals surface area contributed by atoms with Crippen molar-refractivity contribution in [1.82, 2.24) is 14.7 Å². The van der Waals surface area contributed by atoms with Gasteiger partial charge in [-0.2, -0.15) is 5.10 Å². The molecule has 1 aromatic heterocycles. The summed E-state index contributed by atoms with van der Waals surface area (Å²) in [6, 6.07) is 33.4. The summed E-state index contributed by atoms with van der Waals surface area (Å²) in [6.07, 6.45) is 3.83. The first-order valence-corrected chi connectivity index (χ1v) is 15.0. The summed E-state index contributed by atoms with van der Waals surface area (Å²) in [7, 11) is 0. The average molecular weight is 608 g/mol. The quantitative estimate of drug-likeness (QED) is 0.131. The van der Waals surface area contributed by atoms with Gasteiger partial charge >= 0.3 is 0 Å². The van der Waals surface area contributed by atoms with Gasteiger partial charge in [0.15, 0.2) is 0 Å². The fourth-order valence-electron chi connectivity index (χ4n) is 4.57. The summed E-state index contributed by atoms with van der Waals surface area (Å²) in [5.74, 6) is 0.618. The van der Waals surface area contributed by atoms with Crippen molar-refractivity contribution in [2.24, 2.45) is 0 Å². The molecule has 0 spiro atoms. The van der Waals surface area contributed by atoms with Crippen LogP contribution in [0.5, 0.6) is 5.75 Å². The van der Waals surface area contributed by atoms with E-state index in [1.54, 1.807) is 4.90 Å². The number of amides is 1. The van der Waals surface area contributed by atoms with Crippen molar-refractivity contribution in [3.63, 3.8) is 0 Å². The maximum absolute atomic E-state index is 13.5. The molecular formula is C34H26ClN3O2S2. The second-order valence-corrected chi connectivity index (χ2v) is 12.0. The normalized spacial score (nSPS) is 14.1. The minimum atomic E-state index is -0.104. The van der Waals surface area contributed by atoms with Crippen LogP contribution in [0, 0.1) is 6.92 Å². The fraction of sp³-hybridized carbons (Fsp3) is 0.0882. The molecule has 5 aromatic rings. The molecule has 1 saturated heterocycles. The van der Waals surface area contributed by atoms with Gasteiger partial charge in [-0.3, -0.25) is 9.69 Å². The topological polar surface area (TPSA) is 47.4 Å². The van der Waals surface area contributed by atoms with Crippen molar-refractivity contribution in [2.75, 3.05) is 0 Å². The van der Waals surface area contributed by atoms with Gasteiger partial charge in [0.2, 0.25) is 0 Å². The third kappa shape index (κ3) is 6.19. The number of ether oxygens (including phenoxy) is 1. The molecule has 0 radical (unpaired) electrons. The molecule has 0 unspecified atom stereocenters. The van der Waals surface area contributed by atoms with E-state index in [4.69, 9.17) is 33.7 Å². The van der Waals surface area contributed by atoms with E-state index in [2.05, 4.69) is 0 Å². The molecule has 42 heavy (non-hydrogen) atoms. The molecule has 0 saturated carbocycles. The number of thiocarbonyl (C=S) groups is 1. The van der Waals surface area contributed by atoms with Gasteiger partial charge in [-0.1, -0.05) is 102 Å². The Hall–Kier alpha value is -4.17. The van der Waals surface area contributed by atoms with E-state index in [0.29, 0.717) is 27.4 Å². The summed E-state index contributed by atoms with van der Waals surface area (Å²) in [5.41, 5.74) is 6.52. The molecule has 4 aromatic carbocycles. The highest BCUT2D eigenvalue weighted by atomic mass is 35.5. The zero-order valence-electron chi connectivity index (χ0n) is 22.7. The number of nitrogens with zero attached hydrogens (tertiary/aromatic N) is 3. The number of benzene rings is 4. The van der Waals surface area contributed by atoms with Gasteiger partial charge in [-0.05, 0) is 61.0 Å². The lowest BCUT2D eigenvalue weighted by Gasteiger charge is -2.14. The number of carbonyl (C=O) groups excluding carboxylic acids is 1. The zero-order valence-corrected chi connectivity index (χ0v) is 25.1. The molecule has 0 bridgehead atoms. The molecule has 1 amide bonds. The van der Waals surface area contributed by atoms with Gasteiger partial charge in [0.25, 0.3) is 5.91 Å². The van der Waals surface area contributed by atoms with E-state index >= 15 is 0 Å². The van der Waals surface area contributed by atoms with Crippen LogP contribution >= 0.6 is 35.6 Å². The third-order valence-electron chi connectivity index (χ3n) is 6.86. The highest BCUT2D eigenvalue weighted by Crippen LogP contribution is 2.36. The van der Waals surface area contributed by atoms with Crippen LogP contribution in [-0.2, 0) is 17.9 Å². The van der Waals surface area contributed by atoms with Gasteiger partial charge in [-0.25, -0.2) is 4.68 Å². The third-order valence-corrected chi connectivity index (χ3v) is 8.61. The maximum atomic E-state index is 13.5. The Kier molecular flexibility index (Phi) is 8.24. The summed E-state index contributed by atoms with van der Waals surface area (Å²) >= 11 is 13.2.